The molecule has 0 amide bonds. The zero-order valence-electron chi connectivity index (χ0n) is 13.0. The van der Waals surface area contributed by atoms with Crippen LogP contribution in [0.5, 0.6) is 0 Å². The molecule has 2 rings (SSSR count). The van der Waals surface area contributed by atoms with Crippen LogP contribution in [0.2, 0.25) is 0 Å². The van der Waals surface area contributed by atoms with Crippen molar-refractivity contribution in [3.05, 3.63) is 32.6 Å². The standard InChI is InChI=1S/C14H21FN2O6/c1-8-5-16(12-3-10(19)11(7-18)23-12)14(21)17(13(8)20)6-9(4-15)22-2/h5,9-12,18-19H,3-4,6-7H2,1-2H3/t9?,10?,11-,12-/m1/s1. The first kappa shape index (κ1) is 17.8. The number of halogens is 1. The van der Waals surface area contributed by atoms with Gasteiger partial charge in [-0.15, -0.1) is 0 Å². The van der Waals surface area contributed by atoms with Crippen molar-refractivity contribution in [1.82, 2.24) is 9.13 Å². The van der Waals surface area contributed by atoms with Crippen molar-refractivity contribution >= 4 is 0 Å². The highest BCUT2D eigenvalue weighted by atomic mass is 19.1. The summed E-state index contributed by atoms with van der Waals surface area (Å²) >= 11 is 0. The second-order valence-electron chi connectivity index (χ2n) is 5.54. The summed E-state index contributed by atoms with van der Waals surface area (Å²) in [6, 6.07) is 0. The summed E-state index contributed by atoms with van der Waals surface area (Å²) in [5.41, 5.74) is -0.922. The minimum Gasteiger partial charge on any atom is -0.394 e. The maximum absolute atomic E-state index is 12.8. The quantitative estimate of drug-likeness (QED) is 0.689. The lowest BCUT2D eigenvalue weighted by Gasteiger charge is -2.19. The van der Waals surface area contributed by atoms with Crippen molar-refractivity contribution in [3.8, 4) is 0 Å². The molecule has 130 valence electrons. The van der Waals surface area contributed by atoms with Gasteiger partial charge in [0.25, 0.3) is 5.56 Å². The molecular weight excluding hydrogens is 311 g/mol. The Kier molecular flexibility index (Phi) is 5.69. The van der Waals surface area contributed by atoms with Gasteiger partial charge in [0.05, 0.1) is 19.3 Å². The molecule has 1 aliphatic heterocycles. The Morgan fingerprint density at radius 1 is 1.52 bits per heavy atom. The number of aliphatic hydroxyl groups excluding tert-OH is 2. The van der Waals surface area contributed by atoms with Gasteiger partial charge in [0.15, 0.2) is 0 Å². The molecule has 0 radical (unpaired) electrons. The van der Waals surface area contributed by atoms with Crippen LogP contribution >= 0.6 is 0 Å². The fraction of sp³-hybridized carbons (Fsp3) is 0.714. The van der Waals surface area contributed by atoms with Crippen molar-refractivity contribution in [2.24, 2.45) is 0 Å². The molecule has 4 atom stereocenters. The maximum Gasteiger partial charge on any atom is 0.333 e. The molecular formula is C14H21FN2O6. The van der Waals surface area contributed by atoms with E-state index < -0.39 is 42.5 Å². The molecule has 9 heteroatoms. The number of aromatic nitrogens is 2. The Morgan fingerprint density at radius 2 is 2.22 bits per heavy atom. The van der Waals surface area contributed by atoms with E-state index in [9.17, 15) is 19.1 Å². The molecule has 23 heavy (non-hydrogen) atoms. The van der Waals surface area contributed by atoms with E-state index >= 15 is 0 Å². The van der Waals surface area contributed by atoms with Crippen LogP contribution in [0.1, 0.15) is 18.2 Å². The summed E-state index contributed by atoms with van der Waals surface area (Å²) in [4.78, 5) is 24.7. The third kappa shape index (κ3) is 3.52. The summed E-state index contributed by atoms with van der Waals surface area (Å²) in [5, 5.41) is 18.9. The predicted octanol–water partition coefficient (Wildman–Crippen LogP) is -1.06. The molecule has 0 saturated carbocycles. The normalized spacial score (nSPS) is 25.7. The van der Waals surface area contributed by atoms with Gasteiger partial charge in [-0.05, 0) is 6.92 Å². The Bertz CT molecular complexity index is 654. The molecule has 0 aromatic carbocycles. The number of aliphatic hydroxyl groups is 2. The van der Waals surface area contributed by atoms with Crippen molar-refractivity contribution in [3.63, 3.8) is 0 Å². The van der Waals surface area contributed by atoms with Crippen LogP contribution in [-0.4, -0.2) is 58.1 Å². The van der Waals surface area contributed by atoms with Crippen LogP contribution in [0, 0.1) is 6.92 Å². The van der Waals surface area contributed by atoms with Crippen LogP contribution in [-0.2, 0) is 16.0 Å². The van der Waals surface area contributed by atoms with Crippen molar-refractivity contribution in [2.45, 2.75) is 44.4 Å². The second-order valence-corrected chi connectivity index (χ2v) is 5.54. The average Bonchev–Trinajstić information content (AvgIpc) is 2.92. The summed E-state index contributed by atoms with van der Waals surface area (Å²) in [6.45, 7) is 0.103. The molecule has 1 aromatic heterocycles. The highest BCUT2D eigenvalue weighted by Gasteiger charge is 2.35. The first-order chi connectivity index (χ1) is 10.9. The van der Waals surface area contributed by atoms with Gasteiger partial charge in [0.2, 0.25) is 0 Å². The van der Waals surface area contributed by atoms with Crippen LogP contribution in [0.15, 0.2) is 15.8 Å². The molecule has 1 saturated heterocycles. The van der Waals surface area contributed by atoms with E-state index in [4.69, 9.17) is 14.6 Å². The topological polar surface area (TPSA) is 103 Å². The van der Waals surface area contributed by atoms with E-state index in [0.717, 1.165) is 4.57 Å². The summed E-state index contributed by atoms with van der Waals surface area (Å²) in [5.74, 6) is 0. The zero-order chi connectivity index (χ0) is 17.1. The number of rotatable bonds is 6. The number of nitrogens with zero attached hydrogens (tertiary/aromatic N) is 2. The van der Waals surface area contributed by atoms with Gasteiger partial charge in [-0.25, -0.2) is 9.18 Å². The zero-order valence-corrected chi connectivity index (χ0v) is 13.0. The smallest absolute Gasteiger partial charge is 0.333 e. The SMILES string of the molecule is COC(CF)Cn1c(=O)c(C)cn([C@H]2CC(O)[C@@H](CO)O2)c1=O. The fourth-order valence-corrected chi connectivity index (χ4v) is 2.57. The van der Waals surface area contributed by atoms with Gasteiger partial charge >= 0.3 is 5.69 Å². The van der Waals surface area contributed by atoms with Gasteiger partial charge in [-0.2, -0.15) is 0 Å². The van der Waals surface area contributed by atoms with Gasteiger partial charge < -0.3 is 19.7 Å². The Morgan fingerprint density at radius 3 is 2.74 bits per heavy atom. The van der Waals surface area contributed by atoms with Crippen molar-refractivity contribution in [2.75, 3.05) is 20.4 Å². The van der Waals surface area contributed by atoms with E-state index in [-0.39, 0.29) is 25.1 Å². The molecule has 0 aliphatic carbocycles. The van der Waals surface area contributed by atoms with Gasteiger partial charge in [0, 0.05) is 25.3 Å². The first-order valence-corrected chi connectivity index (χ1v) is 7.28. The van der Waals surface area contributed by atoms with Gasteiger partial charge in [-0.3, -0.25) is 13.9 Å². The molecule has 1 fully saturated rings. The largest absolute Gasteiger partial charge is 0.394 e. The second kappa shape index (κ2) is 7.35. The third-order valence-corrected chi connectivity index (χ3v) is 3.95. The lowest BCUT2D eigenvalue weighted by atomic mass is 10.2. The molecule has 0 bridgehead atoms. The van der Waals surface area contributed by atoms with E-state index in [2.05, 4.69) is 0 Å². The highest BCUT2D eigenvalue weighted by molar-refractivity contribution is 5.04. The van der Waals surface area contributed by atoms with Crippen LogP contribution < -0.4 is 11.2 Å². The van der Waals surface area contributed by atoms with Crippen molar-refractivity contribution < 1.29 is 24.1 Å². The fourth-order valence-electron chi connectivity index (χ4n) is 2.57. The predicted molar refractivity (Wildman–Crippen MR) is 78.1 cm³/mol. The third-order valence-electron chi connectivity index (χ3n) is 3.95. The Balaban J connectivity index is 2.41. The summed E-state index contributed by atoms with van der Waals surface area (Å²) in [7, 11) is 1.30. The lowest BCUT2D eigenvalue weighted by molar-refractivity contribution is -0.0466. The average molecular weight is 332 g/mol. The van der Waals surface area contributed by atoms with Crippen LogP contribution in [0.3, 0.4) is 0 Å². The monoisotopic (exact) mass is 332 g/mol. The molecule has 0 spiro atoms. The number of ether oxygens (including phenoxy) is 2. The molecule has 1 aliphatic rings. The minimum absolute atomic E-state index is 0.111. The Hall–Kier alpha value is -1.55. The van der Waals surface area contributed by atoms with E-state index in [1.807, 2.05) is 0 Å². The summed E-state index contributed by atoms with van der Waals surface area (Å²) < 4.78 is 25.2. The number of hydrogen-bond acceptors (Lipinski definition) is 6. The number of hydrogen-bond donors (Lipinski definition) is 2. The molecule has 8 nitrogen and oxygen atoms in total. The minimum atomic E-state index is -0.907. The number of aryl methyl sites for hydroxylation is 1. The van der Waals surface area contributed by atoms with E-state index in [1.54, 1.807) is 0 Å². The van der Waals surface area contributed by atoms with Crippen molar-refractivity contribution in [1.29, 1.82) is 0 Å². The number of methoxy groups -OCH3 is 1. The van der Waals surface area contributed by atoms with Crippen LogP contribution in [0.25, 0.3) is 0 Å². The molecule has 2 N–H and O–H groups in total. The Labute approximate surface area is 131 Å². The lowest BCUT2D eigenvalue weighted by Crippen LogP contribution is -2.44. The highest BCUT2D eigenvalue weighted by Crippen LogP contribution is 2.27. The number of alkyl halides is 1. The molecule has 1 aromatic rings. The van der Waals surface area contributed by atoms with Gasteiger partial charge in [0.1, 0.15) is 25.1 Å². The summed E-state index contributed by atoms with van der Waals surface area (Å²) in [6.07, 6.45) is -1.95. The van der Waals surface area contributed by atoms with E-state index in [1.165, 1.54) is 24.8 Å². The van der Waals surface area contributed by atoms with Gasteiger partial charge in [-0.1, -0.05) is 0 Å². The first-order valence-electron chi connectivity index (χ1n) is 7.28. The molecule has 2 heterocycles. The van der Waals surface area contributed by atoms with E-state index in [0.29, 0.717) is 0 Å². The maximum atomic E-state index is 12.8. The van der Waals surface area contributed by atoms with Crippen LogP contribution in [0.4, 0.5) is 4.39 Å². The molecule has 2 unspecified atom stereocenters.